The number of fused-ring (bicyclic) bond motifs is 1. The van der Waals surface area contributed by atoms with Crippen molar-refractivity contribution in [3.63, 3.8) is 0 Å². The summed E-state index contributed by atoms with van der Waals surface area (Å²) < 4.78 is 5.62. The first kappa shape index (κ1) is 16.9. The molecule has 1 atom stereocenters. The number of aryl methyl sites for hydroxylation is 1. The lowest BCUT2D eigenvalue weighted by molar-refractivity contribution is 0.419. The summed E-state index contributed by atoms with van der Waals surface area (Å²) in [5.74, 6) is 0.847. The number of aromatic nitrogens is 1. The van der Waals surface area contributed by atoms with E-state index in [0.717, 1.165) is 41.9 Å². The van der Waals surface area contributed by atoms with E-state index < -0.39 is 0 Å². The molecular weight excluding hydrogens is 322 g/mol. The van der Waals surface area contributed by atoms with Crippen LogP contribution in [0.3, 0.4) is 0 Å². The van der Waals surface area contributed by atoms with Crippen molar-refractivity contribution in [1.82, 2.24) is 10.3 Å². The first-order valence-corrected chi connectivity index (χ1v) is 9.11. The van der Waals surface area contributed by atoms with Crippen molar-refractivity contribution in [2.45, 2.75) is 25.8 Å². The standard InChI is InChI=1S/C22H25N3O/c1-15-6-4-8-19(16(15)2)22(9-11-23-14-22)25-17-12-20-18(7-5-10-24-20)21(13-17)26-3/h4-8,10,12-13,23,25H,9,11,14H2,1-3H3. The number of pyridine rings is 1. The summed E-state index contributed by atoms with van der Waals surface area (Å²) >= 11 is 0. The van der Waals surface area contributed by atoms with Gasteiger partial charge in [-0.25, -0.2) is 0 Å². The van der Waals surface area contributed by atoms with Crippen LogP contribution in [0.25, 0.3) is 10.9 Å². The molecule has 0 radical (unpaired) electrons. The molecule has 4 nitrogen and oxygen atoms in total. The quantitative estimate of drug-likeness (QED) is 0.744. The van der Waals surface area contributed by atoms with Crippen LogP contribution in [0.1, 0.15) is 23.1 Å². The molecule has 1 aromatic heterocycles. The van der Waals surface area contributed by atoms with Crippen molar-refractivity contribution in [3.05, 3.63) is 65.4 Å². The molecule has 4 rings (SSSR count). The van der Waals surface area contributed by atoms with E-state index >= 15 is 0 Å². The monoisotopic (exact) mass is 347 g/mol. The van der Waals surface area contributed by atoms with Gasteiger partial charge in [0, 0.05) is 29.9 Å². The predicted octanol–water partition coefficient (Wildman–Crippen LogP) is 4.16. The van der Waals surface area contributed by atoms with Crippen molar-refractivity contribution in [2.75, 3.05) is 25.5 Å². The van der Waals surface area contributed by atoms with Crippen LogP contribution >= 0.6 is 0 Å². The van der Waals surface area contributed by atoms with E-state index in [-0.39, 0.29) is 5.54 Å². The zero-order valence-electron chi connectivity index (χ0n) is 15.6. The van der Waals surface area contributed by atoms with Gasteiger partial charge in [-0.05, 0) is 61.7 Å². The van der Waals surface area contributed by atoms with Gasteiger partial charge in [0.05, 0.1) is 18.2 Å². The van der Waals surface area contributed by atoms with Gasteiger partial charge in [0.1, 0.15) is 5.75 Å². The number of rotatable bonds is 4. The number of hydrogen-bond acceptors (Lipinski definition) is 4. The highest BCUT2D eigenvalue weighted by molar-refractivity contribution is 5.88. The number of hydrogen-bond donors (Lipinski definition) is 2. The highest BCUT2D eigenvalue weighted by Crippen LogP contribution is 2.37. The molecule has 26 heavy (non-hydrogen) atoms. The van der Waals surface area contributed by atoms with Gasteiger partial charge in [0.2, 0.25) is 0 Å². The molecule has 1 unspecified atom stereocenters. The Morgan fingerprint density at radius 3 is 2.81 bits per heavy atom. The minimum absolute atomic E-state index is 0.121. The second kappa shape index (κ2) is 6.61. The highest BCUT2D eigenvalue weighted by atomic mass is 16.5. The van der Waals surface area contributed by atoms with Crippen LogP contribution in [-0.2, 0) is 5.54 Å². The van der Waals surface area contributed by atoms with Gasteiger partial charge in [-0.1, -0.05) is 18.2 Å². The fourth-order valence-corrected chi connectivity index (χ4v) is 4.03. The van der Waals surface area contributed by atoms with E-state index in [4.69, 9.17) is 4.74 Å². The second-order valence-corrected chi connectivity index (χ2v) is 7.13. The van der Waals surface area contributed by atoms with Gasteiger partial charge < -0.3 is 15.4 Å². The van der Waals surface area contributed by atoms with Crippen LogP contribution in [0.4, 0.5) is 5.69 Å². The Morgan fingerprint density at radius 1 is 1.15 bits per heavy atom. The number of nitrogens with zero attached hydrogens (tertiary/aromatic N) is 1. The minimum Gasteiger partial charge on any atom is -0.496 e. The Labute approximate surface area is 154 Å². The Kier molecular flexibility index (Phi) is 4.29. The fourth-order valence-electron chi connectivity index (χ4n) is 4.03. The van der Waals surface area contributed by atoms with E-state index in [0.29, 0.717) is 0 Å². The average molecular weight is 347 g/mol. The van der Waals surface area contributed by atoms with Crippen molar-refractivity contribution in [3.8, 4) is 5.75 Å². The first-order valence-electron chi connectivity index (χ1n) is 9.11. The van der Waals surface area contributed by atoms with Crippen LogP contribution in [0, 0.1) is 13.8 Å². The maximum atomic E-state index is 5.62. The lowest BCUT2D eigenvalue weighted by atomic mass is 9.84. The number of anilines is 1. The molecule has 0 spiro atoms. The SMILES string of the molecule is COc1cc(NC2(c3cccc(C)c3C)CCNC2)cc2ncccc12. The van der Waals surface area contributed by atoms with Gasteiger partial charge >= 0.3 is 0 Å². The van der Waals surface area contributed by atoms with Crippen LogP contribution in [0.15, 0.2) is 48.7 Å². The van der Waals surface area contributed by atoms with E-state index in [1.807, 2.05) is 18.3 Å². The number of methoxy groups -OCH3 is 1. The maximum absolute atomic E-state index is 5.62. The van der Waals surface area contributed by atoms with E-state index in [1.54, 1.807) is 7.11 Å². The molecule has 2 N–H and O–H groups in total. The number of benzene rings is 2. The highest BCUT2D eigenvalue weighted by Gasteiger charge is 2.37. The summed E-state index contributed by atoms with van der Waals surface area (Å²) in [4.78, 5) is 4.52. The summed E-state index contributed by atoms with van der Waals surface area (Å²) in [6.07, 6.45) is 2.86. The summed E-state index contributed by atoms with van der Waals surface area (Å²) in [6.45, 7) is 6.30. The molecule has 1 fully saturated rings. The Hall–Kier alpha value is -2.59. The Morgan fingerprint density at radius 2 is 2.04 bits per heavy atom. The molecule has 1 aliphatic rings. The zero-order valence-corrected chi connectivity index (χ0v) is 15.6. The summed E-state index contributed by atoms with van der Waals surface area (Å²) in [5, 5.41) is 8.39. The molecule has 134 valence electrons. The summed E-state index contributed by atoms with van der Waals surface area (Å²) in [6, 6.07) is 14.8. The number of nitrogens with one attached hydrogen (secondary N) is 2. The van der Waals surface area contributed by atoms with Crippen molar-refractivity contribution in [2.24, 2.45) is 0 Å². The normalized spacial score (nSPS) is 19.7. The van der Waals surface area contributed by atoms with Gasteiger partial charge in [-0.3, -0.25) is 4.98 Å². The van der Waals surface area contributed by atoms with Gasteiger partial charge in [-0.2, -0.15) is 0 Å². The summed E-state index contributed by atoms with van der Waals surface area (Å²) in [5.41, 5.74) is 5.91. The maximum Gasteiger partial charge on any atom is 0.130 e. The van der Waals surface area contributed by atoms with Crippen LogP contribution in [0.5, 0.6) is 5.75 Å². The largest absolute Gasteiger partial charge is 0.496 e. The Bertz CT molecular complexity index is 945. The molecule has 3 aromatic rings. The topological polar surface area (TPSA) is 46.2 Å². The van der Waals surface area contributed by atoms with Gasteiger partial charge in [0.15, 0.2) is 0 Å². The molecule has 0 aliphatic carbocycles. The molecule has 0 saturated carbocycles. The predicted molar refractivity (Wildman–Crippen MR) is 107 cm³/mol. The van der Waals surface area contributed by atoms with Crippen molar-refractivity contribution >= 4 is 16.6 Å². The van der Waals surface area contributed by atoms with E-state index in [9.17, 15) is 0 Å². The average Bonchev–Trinajstić information content (AvgIpc) is 3.12. The fraction of sp³-hybridized carbons (Fsp3) is 0.318. The lowest BCUT2D eigenvalue weighted by Gasteiger charge is -2.33. The molecule has 2 aromatic carbocycles. The molecule has 2 heterocycles. The number of ether oxygens (including phenoxy) is 1. The molecule has 0 bridgehead atoms. The van der Waals surface area contributed by atoms with Crippen LogP contribution in [0.2, 0.25) is 0 Å². The second-order valence-electron chi connectivity index (χ2n) is 7.13. The zero-order chi connectivity index (χ0) is 18.1. The van der Waals surface area contributed by atoms with E-state index in [1.165, 1.54) is 16.7 Å². The van der Waals surface area contributed by atoms with Crippen molar-refractivity contribution < 1.29 is 4.74 Å². The molecule has 0 amide bonds. The molecule has 1 aliphatic heterocycles. The minimum atomic E-state index is -0.121. The van der Waals surface area contributed by atoms with Gasteiger partial charge in [-0.15, -0.1) is 0 Å². The summed E-state index contributed by atoms with van der Waals surface area (Å²) in [7, 11) is 1.71. The van der Waals surface area contributed by atoms with Crippen molar-refractivity contribution in [1.29, 1.82) is 0 Å². The first-order chi connectivity index (χ1) is 12.6. The van der Waals surface area contributed by atoms with Crippen LogP contribution < -0.4 is 15.4 Å². The third-order valence-electron chi connectivity index (χ3n) is 5.56. The van der Waals surface area contributed by atoms with Gasteiger partial charge in [0.25, 0.3) is 0 Å². The lowest BCUT2D eigenvalue weighted by Crippen LogP contribution is -2.38. The molecule has 4 heteroatoms. The smallest absolute Gasteiger partial charge is 0.130 e. The Balaban J connectivity index is 1.80. The molecular formula is C22H25N3O. The van der Waals surface area contributed by atoms with E-state index in [2.05, 4.69) is 59.8 Å². The third-order valence-corrected chi connectivity index (χ3v) is 5.56. The third kappa shape index (κ3) is 2.80. The molecule has 1 saturated heterocycles. The van der Waals surface area contributed by atoms with Crippen LogP contribution in [-0.4, -0.2) is 25.2 Å².